The van der Waals surface area contributed by atoms with E-state index < -0.39 is 0 Å². The van der Waals surface area contributed by atoms with Crippen LogP contribution in [0.25, 0.3) is 0 Å². The Hall–Kier alpha value is -1.84. The number of hydrogen-bond donors (Lipinski definition) is 1. The van der Waals surface area contributed by atoms with Gasteiger partial charge in [-0.2, -0.15) is 0 Å². The molecule has 20 heavy (non-hydrogen) atoms. The van der Waals surface area contributed by atoms with Crippen LogP contribution in [0, 0.1) is 5.92 Å². The van der Waals surface area contributed by atoms with Gasteiger partial charge >= 0.3 is 0 Å². The summed E-state index contributed by atoms with van der Waals surface area (Å²) in [6.45, 7) is 7.77. The van der Waals surface area contributed by atoms with Crippen LogP contribution in [0.4, 0.5) is 5.69 Å². The summed E-state index contributed by atoms with van der Waals surface area (Å²) in [5.41, 5.74) is 2.42. The summed E-state index contributed by atoms with van der Waals surface area (Å²) in [6, 6.07) is 5.46. The number of amides is 2. The highest BCUT2D eigenvalue weighted by Crippen LogP contribution is 2.24. The van der Waals surface area contributed by atoms with Crippen LogP contribution in [0.15, 0.2) is 18.2 Å². The van der Waals surface area contributed by atoms with E-state index in [1.54, 1.807) is 6.07 Å². The zero-order valence-electron chi connectivity index (χ0n) is 12.4. The summed E-state index contributed by atoms with van der Waals surface area (Å²) >= 11 is 0. The minimum absolute atomic E-state index is 0.00319. The highest BCUT2D eigenvalue weighted by molar-refractivity contribution is 6.01. The maximum Gasteiger partial charge on any atom is 0.253 e. The number of rotatable bonds is 5. The van der Waals surface area contributed by atoms with E-state index in [1.807, 2.05) is 24.0 Å². The van der Waals surface area contributed by atoms with Crippen LogP contribution in [-0.2, 0) is 11.2 Å². The summed E-state index contributed by atoms with van der Waals surface area (Å²) in [6.07, 6.45) is 1.43. The van der Waals surface area contributed by atoms with Crippen molar-refractivity contribution in [2.24, 2.45) is 5.92 Å². The summed E-state index contributed by atoms with van der Waals surface area (Å²) in [7, 11) is 0. The molecule has 108 valence electrons. The number of benzene rings is 1. The van der Waals surface area contributed by atoms with Crippen molar-refractivity contribution in [3.8, 4) is 0 Å². The van der Waals surface area contributed by atoms with Gasteiger partial charge in [0.15, 0.2) is 0 Å². The topological polar surface area (TPSA) is 49.4 Å². The second kappa shape index (κ2) is 6.07. The van der Waals surface area contributed by atoms with Crippen LogP contribution in [0.5, 0.6) is 0 Å². The summed E-state index contributed by atoms with van der Waals surface area (Å²) in [5.74, 6) is 0.545. The highest BCUT2D eigenvalue weighted by atomic mass is 16.2. The summed E-state index contributed by atoms with van der Waals surface area (Å²) < 4.78 is 0. The Bertz CT molecular complexity index is 525. The monoisotopic (exact) mass is 274 g/mol. The zero-order chi connectivity index (χ0) is 14.7. The first-order chi connectivity index (χ1) is 9.55. The largest absolute Gasteiger partial charge is 0.339 e. The summed E-state index contributed by atoms with van der Waals surface area (Å²) in [5, 5.41) is 2.78. The second-order valence-electron chi connectivity index (χ2n) is 5.45. The molecule has 2 rings (SSSR count). The minimum Gasteiger partial charge on any atom is -0.339 e. The molecule has 1 heterocycles. The van der Waals surface area contributed by atoms with Crippen LogP contribution >= 0.6 is 0 Å². The van der Waals surface area contributed by atoms with E-state index in [0.717, 1.165) is 24.2 Å². The predicted molar refractivity (Wildman–Crippen MR) is 79.8 cm³/mol. The molecule has 0 spiro atoms. The molecule has 1 aliphatic rings. The molecule has 1 aromatic carbocycles. The van der Waals surface area contributed by atoms with Gasteiger partial charge in [0.2, 0.25) is 5.91 Å². The molecule has 0 saturated heterocycles. The van der Waals surface area contributed by atoms with Crippen molar-refractivity contribution in [2.75, 3.05) is 18.4 Å². The van der Waals surface area contributed by atoms with E-state index in [9.17, 15) is 9.59 Å². The molecule has 0 aromatic heterocycles. The van der Waals surface area contributed by atoms with Crippen molar-refractivity contribution in [3.05, 3.63) is 29.3 Å². The molecule has 4 heteroatoms. The molecule has 0 radical (unpaired) electrons. The first-order valence-corrected chi connectivity index (χ1v) is 7.27. The average Bonchev–Trinajstić information content (AvgIpc) is 2.82. The van der Waals surface area contributed by atoms with E-state index in [0.29, 0.717) is 24.4 Å². The fourth-order valence-electron chi connectivity index (χ4n) is 2.41. The minimum atomic E-state index is -0.00319. The number of anilines is 1. The van der Waals surface area contributed by atoms with Gasteiger partial charge in [0, 0.05) is 24.3 Å². The van der Waals surface area contributed by atoms with E-state index in [2.05, 4.69) is 19.2 Å². The molecule has 1 atom stereocenters. The first kappa shape index (κ1) is 14.6. The fraction of sp³-hybridized carbons (Fsp3) is 0.500. The van der Waals surface area contributed by atoms with Gasteiger partial charge in [0.05, 0.1) is 6.42 Å². The van der Waals surface area contributed by atoms with Crippen LogP contribution in [0.3, 0.4) is 0 Å². The Kier molecular flexibility index (Phi) is 4.42. The Morgan fingerprint density at radius 3 is 2.80 bits per heavy atom. The Balaban J connectivity index is 2.16. The third-order valence-corrected chi connectivity index (χ3v) is 3.88. The predicted octanol–water partition coefficient (Wildman–Crippen LogP) is 2.69. The van der Waals surface area contributed by atoms with E-state index in [4.69, 9.17) is 0 Å². The van der Waals surface area contributed by atoms with Crippen molar-refractivity contribution < 1.29 is 9.59 Å². The molecule has 0 saturated carbocycles. The van der Waals surface area contributed by atoms with Crippen molar-refractivity contribution in [3.63, 3.8) is 0 Å². The lowest BCUT2D eigenvalue weighted by molar-refractivity contribution is -0.115. The third-order valence-electron chi connectivity index (χ3n) is 3.88. The van der Waals surface area contributed by atoms with Gasteiger partial charge < -0.3 is 10.2 Å². The molecule has 1 unspecified atom stereocenters. The quantitative estimate of drug-likeness (QED) is 0.897. The van der Waals surface area contributed by atoms with Crippen LogP contribution in [0.2, 0.25) is 0 Å². The number of carbonyl (C=O) groups is 2. The molecule has 4 nitrogen and oxygen atoms in total. The SMILES string of the molecule is CCC(C)CN(CC)C(=O)c1ccc2c(c1)CC(=O)N2. The molecular formula is C16H22N2O2. The molecule has 0 bridgehead atoms. The number of fused-ring (bicyclic) bond motifs is 1. The highest BCUT2D eigenvalue weighted by Gasteiger charge is 2.21. The summed E-state index contributed by atoms with van der Waals surface area (Å²) in [4.78, 5) is 25.8. The lowest BCUT2D eigenvalue weighted by atomic mass is 10.1. The van der Waals surface area contributed by atoms with Gasteiger partial charge in [-0.05, 0) is 36.6 Å². The Labute approximate surface area is 120 Å². The average molecular weight is 274 g/mol. The van der Waals surface area contributed by atoms with Gasteiger partial charge in [-0.1, -0.05) is 20.3 Å². The van der Waals surface area contributed by atoms with E-state index in [-0.39, 0.29) is 11.8 Å². The molecule has 0 aliphatic carbocycles. The Morgan fingerprint density at radius 1 is 1.40 bits per heavy atom. The molecule has 1 N–H and O–H groups in total. The van der Waals surface area contributed by atoms with Gasteiger partial charge in [0.25, 0.3) is 5.91 Å². The zero-order valence-corrected chi connectivity index (χ0v) is 12.4. The normalized spacial score (nSPS) is 14.7. The van der Waals surface area contributed by atoms with Crippen molar-refractivity contribution in [2.45, 2.75) is 33.6 Å². The third kappa shape index (κ3) is 3.00. The van der Waals surface area contributed by atoms with E-state index in [1.165, 1.54) is 0 Å². The lowest BCUT2D eigenvalue weighted by Gasteiger charge is -2.24. The molecule has 0 fully saturated rings. The van der Waals surface area contributed by atoms with Crippen molar-refractivity contribution >= 4 is 17.5 Å². The second-order valence-corrected chi connectivity index (χ2v) is 5.45. The standard InChI is InChI=1S/C16H22N2O2/c1-4-11(3)10-18(5-2)16(20)12-6-7-14-13(8-12)9-15(19)17-14/h6-8,11H,4-5,9-10H2,1-3H3,(H,17,19). The first-order valence-electron chi connectivity index (χ1n) is 7.27. The van der Waals surface area contributed by atoms with Gasteiger partial charge in [-0.25, -0.2) is 0 Å². The smallest absolute Gasteiger partial charge is 0.253 e. The molecular weight excluding hydrogens is 252 g/mol. The maximum atomic E-state index is 12.5. The van der Waals surface area contributed by atoms with Crippen LogP contribution in [-0.4, -0.2) is 29.8 Å². The molecule has 1 aliphatic heterocycles. The van der Waals surface area contributed by atoms with Gasteiger partial charge in [-0.15, -0.1) is 0 Å². The Morgan fingerprint density at radius 2 is 2.15 bits per heavy atom. The fourth-order valence-corrected chi connectivity index (χ4v) is 2.41. The molecule has 2 amide bonds. The van der Waals surface area contributed by atoms with Crippen molar-refractivity contribution in [1.29, 1.82) is 0 Å². The van der Waals surface area contributed by atoms with Crippen LogP contribution < -0.4 is 5.32 Å². The number of nitrogens with one attached hydrogen (secondary N) is 1. The number of carbonyl (C=O) groups excluding carboxylic acids is 2. The number of nitrogens with zero attached hydrogens (tertiary/aromatic N) is 1. The number of hydrogen-bond acceptors (Lipinski definition) is 2. The van der Waals surface area contributed by atoms with E-state index >= 15 is 0 Å². The maximum absolute atomic E-state index is 12.5. The van der Waals surface area contributed by atoms with Crippen molar-refractivity contribution in [1.82, 2.24) is 4.90 Å². The van der Waals surface area contributed by atoms with Gasteiger partial charge in [0.1, 0.15) is 0 Å². The lowest BCUT2D eigenvalue weighted by Crippen LogP contribution is -2.34. The van der Waals surface area contributed by atoms with Crippen LogP contribution in [0.1, 0.15) is 43.1 Å². The molecule has 1 aromatic rings. The van der Waals surface area contributed by atoms with Gasteiger partial charge in [-0.3, -0.25) is 9.59 Å².